The van der Waals surface area contributed by atoms with E-state index in [1.807, 2.05) is 0 Å². The number of nitrogens with zero attached hydrogens (tertiary/aromatic N) is 2. The third-order valence-corrected chi connectivity index (χ3v) is 4.76. The van der Waals surface area contributed by atoms with Crippen LogP contribution in [0.1, 0.15) is 42.2 Å². The zero-order valence-corrected chi connectivity index (χ0v) is 12.3. The molecule has 3 atom stereocenters. The van der Waals surface area contributed by atoms with Crippen LogP contribution >= 0.6 is 0 Å². The van der Waals surface area contributed by atoms with Gasteiger partial charge in [-0.1, -0.05) is 13.3 Å². The summed E-state index contributed by atoms with van der Waals surface area (Å²) in [7, 11) is 0. The highest BCUT2D eigenvalue weighted by Crippen LogP contribution is 2.39. The quantitative estimate of drug-likeness (QED) is 0.886. The zero-order chi connectivity index (χ0) is 15.0. The first kappa shape index (κ1) is 14.3. The lowest BCUT2D eigenvalue weighted by atomic mass is 10.00. The van der Waals surface area contributed by atoms with E-state index < -0.39 is 5.97 Å². The third kappa shape index (κ3) is 2.75. The van der Waals surface area contributed by atoms with Gasteiger partial charge < -0.3 is 15.1 Å². The predicted molar refractivity (Wildman–Crippen MR) is 79.6 cm³/mol. The predicted octanol–water partition coefficient (Wildman–Crippen LogP) is 1.94. The van der Waals surface area contributed by atoms with Crippen LogP contribution in [-0.2, 0) is 6.42 Å². The summed E-state index contributed by atoms with van der Waals surface area (Å²) >= 11 is 0. The first-order valence-corrected chi connectivity index (χ1v) is 7.75. The molecule has 1 aromatic rings. The molecule has 1 saturated heterocycles. The fourth-order valence-electron chi connectivity index (χ4n) is 3.67. The van der Waals surface area contributed by atoms with Gasteiger partial charge >= 0.3 is 5.97 Å². The summed E-state index contributed by atoms with van der Waals surface area (Å²) in [5, 5.41) is 19.3. The maximum atomic E-state index is 11.3. The van der Waals surface area contributed by atoms with Crippen molar-refractivity contribution in [2.75, 3.05) is 18.0 Å². The van der Waals surface area contributed by atoms with Gasteiger partial charge in [-0.3, -0.25) is 0 Å². The molecule has 2 N–H and O–H groups in total. The number of aliphatic hydroxyl groups excluding tert-OH is 1. The van der Waals surface area contributed by atoms with E-state index in [2.05, 4.69) is 16.8 Å². The number of carbonyl (C=O) groups is 1. The van der Waals surface area contributed by atoms with Crippen LogP contribution in [0, 0.1) is 11.8 Å². The van der Waals surface area contributed by atoms with Crippen molar-refractivity contribution in [3.05, 3.63) is 23.4 Å². The molecule has 0 radical (unpaired) electrons. The second-order valence-electron chi connectivity index (χ2n) is 6.23. The molecule has 1 aromatic heterocycles. The summed E-state index contributed by atoms with van der Waals surface area (Å²) in [4.78, 5) is 18.0. The molecular formula is C16H22N2O3. The van der Waals surface area contributed by atoms with Crippen LogP contribution < -0.4 is 4.90 Å². The second kappa shape index (κ2) is 5.64. The van der Waals surface area contributed by atoms with E-state index >= 15 is 0 Å². The molecule has 2 heterocycles. The highest BCUT2D eigenvalue weighted by atomic mass is 16.4. The average molecular weight is 290 g/mol. The Hall–Kier alpha value is -1.62. The molecule has 21 heavy (non-hydrogen) atoms. The van der Waals surface area contributed by atoms with Crippen LogP contribution in [-0.4, -0.2) is 40.4 Å². The second-order valence-corrected chi connectivity index (χ2v) is 6.23. The van der Waals surface area contributed by atoms with Gasteiger partial charge in [0, 0.05) is 24.7 Å². The summed E-state index contributed by atoms with van der Waals surface area (Å²) in [6.45, 7) is 3.72. The Bertz CT molecular complexity index is 546. The minimum Gasteiger partial charge on any atom is -0.478 e. The maximum Gasteiger partial charge on any atom is 0.335 e. The fourth-order valence-corrected chi connectivity index (χ4v) is 3.67. The van der Waals surface area contributed by atoms with Crippen LogP contribution in [0.3, 0.4) is 0 Å². The molecule has 0 aromatic carbocycles. The Labute approximate surface area is 124 Å². The number of carboxylic acid groups (broad SMARTS) is 1. The molecule has 2 fully saturated rings. The van der Waals surface area contributed by atoms with Crippen molar-refractivity contribution in [1.82, 2.24) is 4.98 Å². The van der Waals surface area contributed by atoms with E-state index in [9.17, 15) is 15.0 Å². The molecule has 3 unspecified atom stereocenters. The first-order chi connectivity index (χ1) is 10.1. The summed E-state index contributed by atoms with van der Waals surface area (Å²) in [5.41, 5.74) is 1.14. The molecule has 5 nitrogen and oxygen atoms in total. The van der Waals surface area contributed by atoms with Gasteiger partial charge in [0.2, 0.25) is 0 Å². The van der Waals surface area contributed by atoms with Gasteiger partial charge in [-0.25, -0.2) is 9.78 Å². The van der Waals surface area contributed by atoms with Gasteiger partial charge in [-0.05, 0) is 37.3 Å². The van der Waals surface area contributed by atoms with Gasteiger partial charge in [-0.2, -0.15) is 0 Å². The SMILES string of the molecule is CCCc1cc(C(=O)O)cc(N2CC3CCC(O)C3C2)n1. The van der Waals surface area contributed by atoms with Crippen molar-refractivity contribution in [3.8, 4) is 0 Å². The van der Waals surface area contributed by atoms with Crippen LogP contribution in [0.4, 0.5) is 5.82 Å². The summed E-state index contributed by atoms with van der Waals surface area (Å²) in [5.74, 6) is 0.676. The van der Waals surface area contributed by atoms with Crippen molar-refractivity contribution in [3.63, 3.8) is 0 Å². The van der Waals surface area contributed by atoms with Gasteiger partial charge in [0.25, 0.3) is 0 Å². The monoisotopic (exact) mass is 290 g/mol. The van der Waals surface area contributed by atoms with Crippen LogP contribution in [0.15, 0.2) is 12.1 Å². The minimum atomic E-state index is -0.907. The summed E-state index contributed by atoms with van der Waals surface area (Å²) in [6, 6.07) is 3.33. The first-order valence-electron chi connectivity index (χ1n) is 7.75. The number of aromatic carboxylic acids is 1. The number of hydrogen-bond donors (Lipinski definition) is 2. The molecule has 114 valence electrons. The minimum absolute atomic E-state index is 0.210. The number of carboxylic acids is 1. The number of aromatic nitrogens is 1. The number of hydrogen-bond acceptors (Lipinski definition) is 4. The van der Waals surface area contributed by atoms with Crippen molar-refractivity contribution in [1.29, 1.82) is 0 Å². The molecule has 2 aliphatic rings. The summed E-state index contributed by atoms with van der Waals surface area (Å²) in [6.07, 6.45) is 3.48. The van der Waals surface area contributed by atoms with Gasteiger partial charge in [0.05, 0.1) is 11.7 Å². The van der Waals surface area contributed by atoms with E-state index in [0.717, 1.165) is 50.3 Å². The molecule has 5 heteroatoms. The Kier molecular flexibility index (Phi) is 3.85. The average Bonchev–Trinajstić information content (AvgIpc) is 3.01. The number of aryl methyl sites for hydroxylation is 1. The highest BCUT2D eigenvalue weighted by Gasteiger charge is 2.42. The van der Waals surface area contributed by atoms with Gasteiger partial charge in [0.15, 0.2) is 0 Å². The lowest BCUT2D eigenvalue weighted by Gasteiger charge is -2.20. The number of anilines is 1. The van der Waals surface area contributed by atoms with Gasteiger partial charge in [0.1, 0.15) is 5.82 Å². The van der Waals surface area contributed by atoms with Crippen molar-refractivity contribution >= 4 is 11.8 Å². The van der Waals surface area contributed by atoms with E-state index in [-0.39, 0.29) is 6.10 Å². The molecule has 1 saturated carbocycles. The van der Waals surface area contributed by atoms with Crippen LogP contribution in [0.5, 0.6) is 0 Å². The fraction of sp³-hybridized carbons (Fsp3) is 0.625. The Morgan fingerprint density at radius 2 is 2.19 bits per heavy atom. The van der Waals surface area contributed by atoms with Crippen LogP contribution in [0.25, 0.3) is 0 Å². The number of rotatable bonds is 4. The van der Waals surface area contributed by atoms with E-state index in [1.54, 1.807) is 12.1 Å². The van der Waals surface area contributed by atoms with Crippen molar-refractivity contribution in [2.24, 2.45) is 11.8 Å². The van der Waals surface area contributed by atoms with Crippen molar-refractivity contribution < 1.29 is 15.0 Å². The molecule has 1 aliphatic carbocycles. The maximum absolute atomic E-state index is 11.3. The lowest BCUT2D eigenvalue weighted by Crippen LogP contribution is -2.25. The number of aliphatic hydroxyl groups is 1. The molecule has 0 amide bonds. The Balaban J connectivity index is 1.86. The highest BCUT2D eigenvalue weighted by molar-refractivity contribution is 5.88. The van der Waals surface area contributed by atoms with Crippen molar-refractivity contribution in [2.45, 2.75) is 38.7 Å². The zero-order valence-electron chi connectivity index (χ0n) is 12.3. The summed E-state index contributed by atoms with van der Waals surface area (Å²) < 4.78 is 0. The van der Waals surface area contributed by atoms with Crippen LogP contribution in [0.2, 0.25) is 0 Å². The van der Waals surface area contributed by atoms with E-state index in [4.69, 9.17) is 0 Å². The molecular weight excluding hydrogens is 268 g/mol. The molecule has 3 rings (SSSR count). The molecule has 1 aliphatic heterocycles. The van der Waals surface area contributed by atoms with E-state index in [1.165, 1.54) is 0 Å². The standard InChI is InChI=1S/C16H22N2O3/c1-2-3-12-6-11(16(20)21)7-15(17-12)18-8-10-4-5-14(19)13(10)9-18/h6-7,10,13-14,19H,2-5,8-9H2,1H3,(H,20,21). The lowest BCUT2D eigenvalue weighted by molar-refractivity contribution is 0.0696. The Morgan fingerprint density at radius 1 is 1.38 bits per heavy atom. The topological polar surface area (TPSA) is 73.7 Å². The third-order valence-electron chi connectivity index (χ3n) is 4.76. The van der Waals surface area contributed by atoms with Gasteiger partial charge in [-0.15, -0.1) is 0 Å². The normalized spacial score (nSPS) is 27.9. The molecule has 0 spiro atoms. The smallest absolute Gasteiger partial charge is 0.335 e. The number of pyridine rings is 1. The molecule has 0 bridgehead atoms. The van der Waals surface area contributed by atoms with E-state index in [0.29, 0.717) is 17.4 Å². The largest absolute Gasteiger partial charge is 0.478 e. The number of fused-ring (bicyclic) bond motifs is 1. The Morgan fingerprint density at radius 3 is 2.86 bits per heavy atom.